The van der Waals surface area contributed by atoms with Gasteiger partial charge in [0.25, 0.3) is 0 Å². The van der Waals surface area contributed by atoms with Crippen LogP contribution in [-0.4, -0.2) is 0 Å². The molecule has 1 aliphatic heterocycles. The van der Waals surface area contributed by atoms with Crippen LogP contribution in [0.15, 0.2) is 12.1 Å². The van der Waals surface area contributed by atoms with Crippen molar-refractivity contribution >= 4 is 0 Å². The summed E-state index contributed by atoms with van der Waals surface area (Å²) in [5, 5.41) is 0. The summed E-state index contributed by atoms with van der Waals surface area (Å²) in [7, 11) is 0. The number of halogens is 1. The van der Waals surface area contributed by atoms with E-state index in [0.717, 1.165) is 17.7 Å². The van der Waals surface area contributed by atoms with Gasteiger partial charge in [-0.05, 0) is 18.1 Å². The Morgan fingerprint density at radius 2 is 2.20 bits per heavy atom. The molecular formula is C8H7FO. The molecule has 0 aliphatic carbocycles. The van der Waals surface area contributed by atoms with Gasteiger partial charge in [0.1, 0.15) is 0 Å². The molecule has 10 heavy (non-hydrogen) atoms. The van der Waals surface area contributed by atoms with E-state index < -0.39 is 0 Å². The van der Waals surface area contributed by atoms with Crippen LogP contribution >= 0.6 is 0 Å². The highest BCUT2D eigenvalue weighted by atomic mass is 19.1. The van der Waals surface area contributed by atoms with E-state index in [1.165, 1.54) is 6.07 Å². The van der Waals surface area contributed by atoms with Gasteiger partial charge in [-0.3, -0.25) is 0 Å². The van der Waals surface area contributed by atoms with Crippen molar-refractivity contribution in [3.63, 3.8) is 0 Å². The maximum atomic E-state index is 12.6. The third-order valence-corrected chi connectivity index (χ3v) is 1.69. The molecule has 1 aromatic rings. The van der Waals surface area contributed by atoms with E-state index in [4.69, 9.17) is 4.74 Å². The molecule has 0 N–H and O–H groups in total. The lowest BCUT2D eigenvalue weighted by Gasteiger charge is -1.86. The number of fused-ring (bicyclic) bond motifs is 1. The van der Waals surface area contributed by atoms with Gasteiger partial charge in [0, 0.05) is 0 Å². The molecule has 1 aliphatic rings. The summed E-state index contributed by atoms with van der Waals surface area (Å²) >= 11 is 0. The zero-order valence-electron chi connectivity index (χ0n) is 5.65. The van der Waals surface area contributed by atoms with Gasteiger partial charge < -0.3 is 4.74 Å². The van der Waals surface area contributed by atoms with Crippen molar-refractivity contribution in [2.75, 3.05) is 0 Å². The van der Waals surface area contributed by atoms with Crippen molar-refractivity contribution in [2.24, 2.45) is 0 Å². The quantitative estimate of drug-likeness (QED) is 0.551. The van der Waals surface area contributed by atoms with Crippen LogP contribution in [0, 0.1) is 5.82 Å². The summed E-state index contributed by atoms with van der Waals surface area (Å²) < 4.78 is 17.5. The standard InChI is InChI=1S/C8H7FO/c1-2-5-3-4-6(9)8-7(5)10-8/h3-4H,2H2,1H3. The summed E-state index contributed by atoms with van der Waals surface area (Å²) in [6.45, 7) is 2.02. The molecule has 0 atom stereocenters. The van der Waals surface area contributed by atoms with Gasteiger partial charge in [-0.1, -0.05) is 13.0 Å². The van der Waals surface area contributed by atoms with E-state index in [2.05, 4.69) is 0 Å². The molecule has 0 fully saturated rings. The van der Waals surface area contributed by atoms with Crippen LogP contribution in [0.25, 0.3) is 0 Å². The number of hydrogen-bond acceptors (Lipinski definition) is 1. The van der Waals surface area contributed by atoms with Gasteiger partial charge in [-0.2, -0.15) is 0 Å². The van der Waals surface area contributed by atoms with Crippen molar-refractivity contribution in [1.29, 1.82) is 0 Å². The molecule has 1 heterocycles. The van der Waals surface area contributed by atoms with E-state index in [-0.39, 0.29) is 5.82 Å². The van der Waals surface area contributed by atoms with E-state index >= 15 is 0 Å². The third kappa shape index (κ3) is 0.618. The molecule has 1 nitrogen and oxygen atoms in total. The Morgan fingerprint density at radius 3 is 2.90 bits per heavy atom. The second-order valence-corrected chi connectivity index (χ2v) is 2.32. The lowest BCUT2D eigenvalue weighted by atomic mass is 10.2. The lowest BCUT2D eigenvalue weighted by molar-refractivity contribution is 0.571. The van der Waals surface area contributed by atoms with Crippen LogP contribution in [0.4, 0.5) is 4.39 Å². The molecule has 0 aromatic heterocycles. The lowest BCUT2D eigenvalue weighted by Crippen LogP contribution is -1.73. The van der Waals surface area contributed by atoms with Gasteiger partial charge in [0.15, 0.2) is 11.6 Å². The van der Waals surface area contributed by atoms with Crippen molar-refractivity contribution in [3.05, 3.63) is 23.5 Å². The molecule has 52 valence electrons. The monoisotopic (exact) mass is 138 g/mol. The van der Waals surface area contributed by atoms with Gasteiger partial charge in [0.05, 0.1) is 0 Å². The van der Waals surface area contributed by atoms with E-state index in [9.17, 15) is 4.39 Å². The highest BCUT2D eigenvalue weighted by Crippen LogP contribution is 2.49. The minimum absolute atomic E-state index is 0.243. The van der Waals surface area contributed by atoms with E-state index in [1.807, 2.05) is 6.92 Å². The molecule has 0 unspecified atom stereocenters. The number of ether oxygens (including phenoxy) is 1. The van der Waals surface area contributed by atoms with Crippen molar-refractivity contribution in [1.82, 2.24) is 0 Å². The minimum atomic E-state index is -0.243. The average Bonchev–Trinajstić information content (AvgIpc) is 2.68. The Bertz CT molecular complexity index is 281. The molecule has 0 saturated carbocycles. The molecular weight excluding hydrogens is 131 g/mol. The molecule has 0 bridgehead atoms. The normalized spacial score (nSPS) is 12.2. The van der Waals surface area contributed by atoms with Crippen molar-refractivity contribution in [2.45, 2.75) is 13.3 Å². The van der Waals surface area contributed by atoms with E-state index in [1.54, 1.807) is 6.07 Å². The summed E-state index contributed by atoms with van der Waals surface area (Å²) in [6.07, 6.45) is 0.905. The molecule has 2 rings (SSSR count). The highest BCUT2D eigenvalue weighted by molar-refractivity contribution is 5.60. The Labute approximate surface area is 58.4 Å². The van der Waals surface area contributed by atoms with Gasteiger partial charge >= 0.3 is 0 Å². The summed E-state index contributed by atoms with van der Waals surface area (Å²) in [6, 6.07) is 3.21. The Hall–Kier alpha value is -1.05. The Kier molecular flexibility index (Phi) is 0.982. The topological polar surface area (TPSA) is 12.5 Å². The zero-order chi connectivity index (χ0) is 7.14. The molecule has 1 aromatic carbocycles. The fourth-order valence-corrected chi connectivity index (χ4v) is 1.05. The smallest absolute Gasteiger partial charge is 0.206 e. The van der Waals surface area contributed by atoms with Crippen molar-refractivity contribution < 1.29 is 9.13 Å². The van der Waals surface area contributed by atoms with Crippen LogP contribution in [0.3, 0.4) is 0 Å². The predicted octanol–water partition coefficient (Wildman–Crippen LogP) is 2.49. The Balaban J connectivity index is 2.53. The van der Waals surface area contributed by atoms with Gasteiger partial charge in [-0.25, -0.2) is 4.39 Å². The summed E-state index contributed by atoms with van der Waals surface area (Å²) in [5.41, 5.74) is 1.09. The fourth-order valence-electron chi connectivity index (χ4n) is 1.05. The molecule has 0 saturated heterocycles. The molecule has 0 radical (unpaired) electrons. The van der Waals surface area contributed by atoms with Crippen LogP contribution in [-0.2, 0) is 6.42 Å². The first-order valence-corrected chi connectivity index (χ1v) is 3.32. The first-order chi connectivity index (χ1) is 4.83. The second-order valence-electron chi connectivity index (χ2n) is 2.32. The number of rotatable bonds is 1. The van der Waals surface area contributed by atoms with Crippen LogP contribution in [0.5, 0.6) is 11.5 Å². The maximum absolute atomic E-state index is 12.6. The van der Waals surface area contributed by atoms with Crippen molar-refractivity contribution in [3.8, 4) is 11.5 Å². The first kappa shape index (κ1) is 5.71. The largest absolute Gasteiger partial charge is 0.446 e. The molecule has 0 spiro atoms. The predicted molar refractivity (Wildman–Crippen MR) is 35.9 cm³/mol. The fraction of sp³-hybridized carbons (Fsp3) is 0.250. The van der Waals surface area contributed by atoms with Crippen LogP contribution in [0.1, 0.15) is 12.5 Å². The Morgan fingerprint density at radius 1 is 1.40 bits per heavy atom. The SMILES string of the molecule is CCc1ccc(F)c2c1O2. The number of hydrogen-bond donors (Lipinski definition) is 0. The summed E-state index contributed by atoms with van der Waals surface area (Å²) in [5.74, 6) is 0.953. The first-order valence-electron chi connectivity index (χ1n) is 3.32. The van der Waals surface area contributed by atoms with Crippen LogP contribution < -0.4 is 4.74 Å². The number of aryl methyl sites for hydroxylation is 1. The third-order valence-electron chi connectivity index (χ3n) is 1.69. The molecule has 0 amide bonds. The minimum Gasteiger partial charge on any atom is -0.446 e. The van der Waals surface area contributed by atoms with Gasteiger partial charge in [0.2, 0.25) is 5.75 Å². The van der Waals surface area contributed by atoms with Crippen LogP contribution in [0.2, 0.25) is 0 Å². The van der Waals surface area contributed by atoms with Gasteiger partial charge in [-0.15, -0.1) is 0 Å². The second kappa shape index (κ2) is 1.72. The maximum Gasteiger partial charge on any atom is 0.206 e. The number of benzene rings is 1. The molecule has 2 heteroatoms. The zero-order valence-corrected chi connectivity index (χ0v) is 5.65. The summed E-state index contributed by atoms with van der Waals surface area (Å²) in [4.78, 5) is 0. The highest BCUT2D eigenvalue weighted by Gasteiger charge is 2.27. The van der Waals surface area contributed by atoms with E-state index in [0.29, 0.717) is 5.75 Å². The average molecular weight is 138 g/mol.